The Kier molecular flexibility index (Phi) is 8.29. The number of hydrogen-bond donors (Lipinski definition) is 2. The minimum Gasteiger partial charge on any atom is -0.456 e. The number of aliphatic hydroxyl groups is 1. The Labute approximate surface area is 219 Å². The van der Waals surface area contributed by atoms with E-state index in [-0.39, 0.29) is 12.5 Å². The molecular weight excluding hydrogens is 462 g/mol. The van der Waals surface area contributed by atoms with Crippen molar-refractivity contribution in [2.75, 3.05) is 38.6 Å². The van der Waals surface area contributed by atoms with Crippen LogP contribution in [-0.2, 0) is 0 Å². The molecule has 0 fully saturated rings. The van der Waals surface area contributed by atoms with E-state index in [1.54, 1.807) is 4.90 Å². The summed E-state index contributed by atoms with van der Waals surface area (Å²) in [6, 6.07) is 16.2. The van der Waals surface area contributed by atoms with Crippen LogP contribution in [0.3, 0.4) is 0 Å². The van der Waals surface area contributed by atoms with Gasteiger partial charge in [0, 0.05) is 73.2 Å². The second kappa shape index (κ2) is 11.6. The average molecular weight is 500 g/mol. The molecule has 0 bridgehead atoms. The number of aryl methyl sites for hydroxylation is 2. The molecule has 2 aromatic carbocycles. The second-order valence-corrected chi connectivity index (χ2v) is 9.48. The molecule has 0 atom stereocenters. The smallest absolute Gasteiger partial charge is 0.254 e. The molecule has 6 heteroatoms. The zero-order valence-electron chi connectivity index (χ0n) is 22.5. The third-order valence-electron chi connectivity index (χ3n) is 6.75. The molecule has 1 aliphatic heterocycles. The van der Waals surface area contributed by atoms with Crippen molar-refractivity contribution in [3.63, 3.8) is 0 Å². The lowest BCUT2D eigenvalue weighted by atomic mass is 9.89. The van der Waals surface area contributed by atoms with E-state index >= 15 is 0 Å². The molecule has 1 heterocycles. The van der Waals surface area contributed by atoms with Crippen LogP contribution in [0.4, 0.5) is 5.69 Å². The van der Waals surface area contributed by atoms with E-state index in [1.807, 2.05) is 44.3 Å². The maximum Gasteiger partial charge on any atom is 0.254 e. The summed E-state index contributed by atoms with van der Waals surface area (Å²) in [5, 5.41) is 14.5. The molecule has 0 unspecified atom stereocenters. The predicted octanol–water partition coefficient (Wildman–Crippen LogP) is 6.02. The second-order valence-electron chi connectivity index (χ2n) is 9.48. The Morgan fingerprint density at radius 3 is 2.54 bits per heavy atom. The number of fused-ring (bicyclic) bond motifs is 2. The number of nitrogens with one attached hydrogen (secondary N) is 1. The molecule has 4 rings (SSSR count). The summed E-state index contributed by atoms with van der Waals surface area (Å²) >= 11 is 0. The molecule has 0 saturated carbocycles. The summed E-state index contributed by atoms with van der Waals surface area (Å²) in [7, 11) is 1.82. The van der Waals surface area contributed by atoms with Gasteiger partial charge in [-0.3, -0.25) is 9.79 Å². The molecule has 0 saturated heterocycles. The lowest BCUT2D eigenvalue weighted by Crippen LogP contribution is -2.28. The van der Waals surface area contributed by atoms with Crippen molar-refractivity contribution in [1.29, 1.82) is 0 Å². The lowest BCUT2D eigenvalue weighted by molar-refractivity contribution is 0.0791. The number of benzene rings is 3. The van der Waals surface area contributed by atoms with Gasteiger partial charge in [0.1, 0.15) is 11.3 Å². The lowest BCUT2D eigenvalue weighted by Gasteiger charge is -2.22. The third-order valence-corrected chi connectivity index (χ3v) is 6.75. The van der Waals surface area contributed by atoms with Gasteiger partial charge in [-0.05, 0) is 75.4 Å². The van der Waals surface area contributed by atoms with Gasteiger partial charge in [0.2, 0.25) is 0 Å². The normalized spacial score (nSPS) is 11.9. The molecule has 194 valence electrons. The first-order chi connectivity index (χ1) is 17.9. The van der Waals surface area contributed by atoms with Crippen molar-refractivity contribution in [3.05, 3.63) is 70.6 Å². The van der Waals surface area contributed by atoms with Crippen LogP contribution in [0.1, 0.15) is 48.2 Å². The van der Waals surface area contributed by atoms with Crippen LogP contribution in [0.15, 0.2) is 57.9 Å². The number of aliphatic hydroxyl groups excluding tert-OH is 1. The first-order valence-corrected chi connectivity index (χ1v) is 13.1. The van der Waals surface area contributed by atoms with Crippen molar-refractivity contribution in [2.45, 2.75) is 40.5 Å². The first kappa shape index (κ1) is 26.4. The molecule has 0 radical (unpaired) electrons. The summed E-state index contributed by atoms with van der Waals surface area (Å²) in [4.78, 5) is 20.0. The highest BCUT2D eigenvalue weighted by atomic mass is 16.3. The van der Waals surface area contributed by atoms with Gasteiger partial charge >= 0.3 is 0 Å². The monoisotopic (exact) mass is 499 g/mol. The topological polar surface area (TPSA) is 78.1 Å². The fourth-order valence-corrected chi connectivity index (χ4v) is 4.86. The van der Waals surface area contributed by atoms with E-state index in [0.29, 0.717) is 25.1 Å². The van der Waals surface area contributed by atoms with Crippen LogP contribution >= 0.6 is 0 Å². The summed E-state index contributed by atoms with van der Waals surface area (Å²) in [5.41, 5.74) is 7.44. The molecule has 0 aromatic heterocycles. The summed E-state index contributed by atoms with van der Waals surface area (Å²) in [6.07, 6.45) is 1.43. The molecule has 2 N–H and O–H groups in total. The molecule has 0 spiro atoms. The molecule has 6 nitrogen and oxygen atoms in total. The van der Waals surface area contributed by atoms with Gasteiger partial charge in [0.25, 0.3) is 5.91 Å². The van der Waals surface area contributed by atoms with E-state index in [0.717, 1.165) is 68.6 Å². The third kappa shape index (κ3) is 5.39. The minimum atomic E-state index is -0.0362. The van der Waals surface area contributed by atoms with Crippen molar-refractivity contribution in [3.8, 4) is 22.5 Å². The van der Waals surface area contributed by atoms with Crippen LogP contribution in [0.25, 0.3) is 33.4 Å². The zero-order chi connectivity index (χ0) is 26.5. The van der Waals surface area contributed by atoms with Crippen LogP contribution in [0.2, 0.25) is 0 Å². The molecule has 37 heavy (non-hydrogen) atoms. The minimum absolute atomic E-state index is 0.0362. The predicted molar refractivity (Wildman–Crippen MR) is 151 cm³/mol. The SMILES string of the molecule is CC/N=c1/cc2oc3cc(NCC)c(C)cc3c(-c3ccccc3C(=O)N(C)CCCCO)c-2cc1C. The Bertz CT molecular complexity index is 1450. The maximum absolute atomic E-state index is 13.6. The number of anilines is 1. The van der Waals surface area contributed by atoms with Crippen LogP contribution < -0.4 is 10.7 Å². The Hall–Kier alpha value is -3.64. The van der Waals surface area contributed by atoms with Crippen molar-refractivity contribution < 1.29 is 14.3 Å². The summed E-state index contributed by atoms with van der Waals surface area (Å²) < 4.78 is 6.49. The Morgan fingerprint density at radius 2 is 1.81 bits per heavy atom. The van der Waals surface area contributed by atoms with Crippen LogP contribution in [0.5, 0.6) is 0 Å². The van der Waals surface area contributed by atoms with Gasteiger partial charge in [0.05, 0.1) is 5.36 Å². The van der Waals surface area contributed by atoms with E-state index in [9.17, 15) is 4.79 Å². The average Bonchev–Trinajstić information content (AvgIpc) is 2.89. The fourth-order valence-electron chi connectivity index (χ4n) is 4.86. The zero-order valence-corrected chi connectivity index (χ0v) is 22.5. The molecular formula is C31H37N3O3. The highest BCUT2D eigenvalue weighted by molar-refractivity contribution is 6.09. The number of nitrogens with zero attached hydrogens (tertiary/aromatic N) is 2. The molecule has 2 aromatic rings. The highest BCUT2D eigenvalue weighted by Crippen LogP contribution is 2.43. The maximum atomic E-state index is 13.6. The standard InChI is InChI=1S/C31H37N3O3/c1-6-32-26-18-28-24(16-20(26)3)30(25-17-21(4)27(33-7-2)19-29(25)37-28)22-12-8-9-13-23(22)31(36)34(5)14-10-11-15-35/h8-9,12-13,16-19,32,35H,6-7,10-11,14-15H2,1-5H3/b33-27-. The summed E-state index contributed by atoms with van der Waals surface area (Å²) in [6.45, 7) is 10.5. The van der Waals surface area contributed by atoms with E-state index in [2.05, 4.69) is 49.3 Å². The van der Waals surface area contributed by atoms with Gasteiger partial charge in [0.15, 0.2) is 0 Å². The molecule has 1 aliphatic carbocycles. The number of amides is 1. The number of rotatable bonds is 9. The van der Waals surface area contributed by atoms with Crippen LogP contribution in [-0.4, -0.2) is 49.2 Å². The van der Waals surface area contributed by atoms with E-state index < -0.39 is 0 Å². The molecule has 1 amide bonds. The van der Waals surface area contributed by atoms with Crippen molar-refractivity contribution >= 4 is 22.6 Å². The van der Waals surface area contributed by atoms with Gasteiger partial charge < -0.3 is 19.7 Å². The van der Waals surface area contributed by atoms with Gasteiger partial charge in [-0.1, -0.05) is 18.2 Å². The van der Waals surface area contributed by atoms with E-state index in [4.69, 9.17) is 9.52 Å². The van der Waals surface area contributed by atoms with E-state index in [1.165, 1.54) is 0 Å². The Balaban J connectivity index is 2.02. The number of carbonyl (C=O) groups is 1. The molecule has 2 aliphatic rings. The Morgan fingerprint density at radius 1 is 1.03 bits per heavy atom. The van der Waals surface area contributed by atoms with Crippen molar-refractivity contribution in [2.24, 2.45) is 4.99 Å². The van der Waals surface area contributed by atoms with Crippen LogP contribution in [0, 0.1) is 13.8 Å². The van der Waals surface area contributed by atoms with Gasteiger partial charge in [-0.2, -0.15) is 0 Å². The van der Waals surface area contributed by atoms with Gasteiger partial charge in [-0.25, -0.2) is 0 Å². The van der Waals surface area contributed by atoms with Crippen molar-refractivity contribution in [1.82, 2.24) is 4.90 Å². The largest absolute Gasteiger partial charge is 0.456 e. The number of unbranched alkanes of at least 4 members (excludes halogenated alkanes) is 1. The number of hydrogen-bond acceptors (Lipinski definition) is 5. The number of carbonyl (C=O) groups excluding carboxylic acids is 1. The van der Waals surface area contributed by atoms with Gasteiger partial charge in [-0.15, -0.1) is 0 Å². The highest BCUT2D eigenvalue weighted by Gasteiger charge is 2.24. The first-order valence-electron chi connectivity index (χ1n) is 13.1. The fraction of sp³-hybridized carbons (Fsp3) is 0.355. The summed E-state index contributed by atoms with van der Waals surface area (Å²) in [5.74, 6) is 0.705. The quantitative estimate of drug-likeness (QED) is 0.218.